The maximum Gasteiger partial charge on any atom is 0.420 e. The number of carbonyl (C=O) groups excluding carboxylic acids is 1. The Morgan fingerprint density at radius 2 is 1.86 bits per heavy atom. The second kappa shape index (κ2) is 7.73. The molecule has 0 amide bonds. The lowest BCUT2D eigenvalue weighted by Crippen LogP contribution is -2.13. The highest BCUT2D eigenvalue weighted by Crippen LogP contribution is 2.39. The van der Waals surface area contributed by atoms with E-state index in [9.17, 15) is 9.36 Å². The van der Waals surface area contributed by atoms with Gasteiger partial charge in [0.05, 0.1) is 14.2 Å². The summed E-state index contributed by atoms with van der Waals surface area (Å²) in [4.78, 5) is 12.5. The third-order valence-corrected chi connectivity index (χ3v) is 4.95. The lowest BCUT2D eigenvalue weighted by molar-refractivity contribution is 0.107. The van der Waals surface area contributed by atoms with Gasteiger partial charge in [0.1, 0.15) is 5.56 Å². The molecule has 0 aliphatic heterocycles. The summed E-state index contributed by atoms with van der Waals surface area (Å²) < 4.78 is 22.8. The summed E-state index contributed by atoms with van der Waals surface area (Å²) in [6.45, 7) is 8.46. The maximum absolute atomic E-state index is 12.5. The van der Waals surface area contributed by atoms with E-state index >= 15 is 0 Å². The number of benzene rings is 1. The second-order valence-corrected chi connectivity index (χ2v) is 8.31. The first-order valence-corrected chi connectivity index (χ1v) is 8.84. The van der Waals surface area contributed by atoms with Crippen molar-refractivity contribution < 1.29 is 18.8 Å². The molecule has 2 unspecified atom stereocenters. The molecule has 1 aromatic carbocycles. The minimum atomic E-state index is -1.97. The smallest absolute Gasteiger partial charge is 0.420 e. The van der Waals surface area contributed by atoms with Gasteiger partial charge in [-0.25, -0.2) is 4.79 Å². The van der Waals surface area contributed by atoms with Gasteiger partial charge in [-0.05, 0) is 24.0 Å². The molecule has 0 spiro atoms. The Labute approximate surface area is 134 Å². The highest BCUT2D eigenvalue weighted by atomic mass is 31.1. The zero-order valence-corrected chi connectivity index (χ0v) is 15.2. The van der Waals surface area contributed by atoms with Crippen LogP contribution in [0.3, 0.4) is 0 Å². The van der Waals surface area contributed by atoms with Gasteiger partial charge in [-0.2, -0.15) is 0 Å². The molecule has 0 saturated heterocycles. The monoisotopic (exact) mass is 325 g/mol. The van der Waals surface area contributed by atoms with Crippen molar-refractivity contribution in [2.75, 3.05) is 20.4 Å². The van der Waals surface area contributed by atoms with Crippen LogP contribution in [0, 0.1) is 11.3 Å². The van der Waals surface area contributed by atoms with E-state index in [1.807, 2.05) is 6.92 Å². The summed E-state index contributed by atoms with van der Waals surface area (Å²) in [5.74, 6) is 1.05. The summed E-state index contributed by atoms with van der Waals surface area (Å²) in [5.41, 5.74) is 0.115. The summed E-state index contributed by atoms with van der Waals surface area (Å²) in [6, 6.07) is 5.05. The summed E-state index contributed by atoms with van der Waals surface area (Å²) >= 11 is 0. The third kappa shape index (κ3) is 5.10. The van der Waals surface area contributed by atoms with Crippen LogP contribution in [0.2, 0.25) is 0 Å². The topological polar surface area (TPSA) is 52.6 Å². The molecule has 122 valence electrons. The van der Waals surface area contributed by atoms with Crippen LogP contribution >= 0.6 is 7.80 Å². The van der Waals surface area contributed by atoms with Gasteiger partial charge in [0, 0.05) is 5.92 Å². The summed E-state index contributed by atoms with van der Waals surface area (Å²) in [5, 5.41) is 0. The molecule has 0 bridgehead atoms. The van der Waals surface area contributed by atoms with Crippen molar-refractivity contribution in [2.45, 2.75) is 34.1 Å². The zero-order chi connectivity index (χ0) is 16.9. The Morgan fingerprint density at radius 3 is 2.36 bits per heavy atom. The molecule has 0 fully saturated rings. The molecular weight excluding hydrogens is 299 g/mol. The normalized spacial score (nSPS) is 13.5. The Morgan fingerprint density at radius 1 is 1.23 bits per heavy atom. The molecule has 22 heavy (non-hydrogen) atoms. The summed E-state index contributed by atoms with van der Waals surface area (Å²) in [6.07, 6.45) is 1.32. The Bertz CT molecular complexity index is 546. The van der Waals surface area contributed by atoms with E-state index in [0.717, 1.165) is 6.42 Å². The number of rotatable bonds is 7. The first kappa shape index (κ1) is 18.6. The van der Waals surface area contributed by atoms with Gasteiger partial charge in [0.25, 0.3) is 0 Å². The van der Waals surface area contributed by atoms with Crippen molar-refractivity contribution in [3.8, 4) is 11.5 Å². The zero-order valence-electron chi connectivity index (χ0n) is 14.3. The third-order valence-electron chi connectivity index (χ3n) is 3.30. The fraction of sp³-hybridized carbons (Fsp3) is 0.588. The molecule has 0 aliphatic carbocycles. The van der Waals surface area contributed by atoms with Crippen molar-refractivity contribution in [2.24, 2.45) is 11.3 Å². The van der Waals surface area contributed by atoms with Crippen LogP contribution in [0.15, 0.2) is 18.2 Å². The predicted octanol–water partition coefficient (Wildman–Crippen LogP) is 4.74. The van der Waals surface area contributed by atoms with Crippen molar-refractivity contribution in [3.63, 3.8) is 0 Å². The Kier molecular flexibility index (Phi) is 6.55. The standard InChI is InChI=1S/C17H26O4P/c1-12(10-17(2,3)4)11-22(19)16(18)13-8-7-9-14(20-5)15(13)21-6/h7-9,12H,10-11H2,1-6H3/q+1. The van der Waals surface area contributed by atoms with Gasteiger partial charge in [-0.15, -0.1) is 0 Å². The average Bonchev–Trinajstić information content (AvgIpc) is 2.43. The quantitative estimate of drug-likeness (QED) is 0.679. The van der Waals surface area contributed by atoms with Gasteiger partial charge in [0.2, 0.25) is 0 Å². The Balaban J connectivity index is 2.90. The fourth-order valence-electron chi connectivity index (χ4n) is 2.67. The van der Waals surface area contributed by atoms with Gasteiger partial charge in [0.15, 0.2) is 17.7 Å². The van der Waals surface area contributed by atoms with Crippen LogP contribution < -0.4 is 9.47 Å². The highest BCUT2D eigenvalue weighted by molar-refractivity contribution is 7.64. The SMILES string of the molecule is COc1cccc(C(=O)[P+](=O)CC(C)CC(C)(C)C)c1OC. The van der Waals surface area contributed by atoms with E-state index in [4.69, 9.17) is 9.47 Å². The second-order valence-electron chi connectivity index (χ2n) is 6.78. The molecule has 0 saturated carbocycles. The van der Waals surface area contributed by atoms with Gasteiger partial charge in [-0.3, -0.25) is 0 Å². The van der Waals surface area contributed by atoms with E-state index in [2.05, 4.69) is 20.8 Å². The van der Waals surface area contributed by atoms with Crippen LogP contribution in [0.4, 0.5) is 0 Å². The predicted molar refractivity (Wildman–Crippen MR) is 89.6 cm³/mol. The van der Waals surface area contributed by atoms with Crippen molar-refractivity contribution in [1.82, 2.24) is 0 Å². The first-order chi connectivity index (χ1) is 10.2. The largest absolute Gasteiger partial charge is 0.493 e. The Hall–Kier alpha value is -1.41. The average molecular weight is 325 g/mol. The van der Waals surface area contributed by atoms with E-state index < -0.39 is 7.80 Å². The molecule has 2 atom stereocenters. The fourth-order valence-corrected chi connectivity index (χ4v) is 3.97. The molecular formula is C17H26O4P+. The van der Waals surface area contributed by atoms with Crippen molar-refractivity contribution >= 4 is 13.3 Å². The van der Waals surface area contributed by atoms with Crippen molar-refractivity contribution in [1.29, 1.82) is 0 Å². The van der Waals surface area contributed by atoms with Crippen LogP contribution in [0.5, 0.6) is 11.5 Å². The number of hydrogen-bond acceptors (Lipinski definition) is 4. The molecule has 1 aromatic rings. The molecule has 0 aliphatic rings. The maximum atomic E-state index is 12.5. The van der Waals surface area contributed by atoms with Crippen LogP contribution in [0.1, 0.15) is 44.5 Å². The molecule has 1 rings (SSSR count). The lowest BCUT2D eigenvalue weighted by Gasteiger charge is -2.20. The highest BCUT2D eigenvalue weighted by Gasteiger charge is 2.35. The number of carbonyl (C=O) groups is 1. The van der Waals surface area contributed by atoms with Gasteiger partial charge < -0.3 is 9.47 Å². The van der Waals surface area contributed by atoms with Crippen LogP contribution in [-0.4, -0.2) is 25.9 Å². The summed E-state index contributed by atoms with van der Waals surface area (Å²) in [7, 11) is 1.01. The van der Waals surface area contributed by atoms with E-state index in [1.54, 1.807) is 18.2 Å². The van der Waals surface area contributed by atoms with Crippen LogP contribution in [-0.2, 0) is 4.57 Å². The number of methoxy groups -OCH3 is 2. The minimum absolute atomic E-state index is 0.159. The van der Waals surface area contributed by atoms with Crippen molar-refractivity contribution in [3.05, 3.63) is 23.8 Å². The van der Waals surface area contributed by atoms with E-state index in [-0.39, 0.29) is 16.9 Å². The lowest BCUT2D eigenvalue weighted by atomic mass is 9.86. The van der Waals surface area contributed by atoms with E-state index in [1.165, 1.54) is 14.2 Å². The van der Waals surface area contributed by atoms with Crippen LogP contribution in [0.25, 0.3) is 0 Å². The van der Waals surface area contributed by atoms with Gasteiger partial charge in [-0.1, -0.05) is 38.3 Å². The molecule has 0 heterocycles. The molecule has 0 radical (unpaired) electrons. The molecule has 5 heteroatoms. The number of para-hydroxylation sites is 1. The minimum Gasteiger partial charge on any atom is -0.493 e. The number of ether oxygens (including phenoxy) is 2. The molecule has 4 nitrogen and oxygen atoms in total. The first-order valence-electron chi connectivity index (χ1n) is 7.39. The van der Waals surface area contributed by atoms with E-state index in [0.29, 0.717) is 23.2 Å². The molecule has 0 aromatic heterocycles. The molecule has 0 N–H and O–H groups in total. The number of hydrogen-bond donors (Lipinski definition) is 0. The van der Waals surface area contributed by atoms with Gasteiger partial charge >= 0.3 is 13.3 Å².